The number of hydrogen-bond acceptors (Lipinski definition) is 5. The van der Waals surface area contributed by atoms with E-state index >= 15 is 0 Å². The molecule has 2 rings (SSSR count). The Morgan fingerprint density at radius 3 is 2.81 bits per heavy atom. The van der Waals surface area contributed by atoms with Gasteiger partial charge in [0.15, 0.2) is 0 Å². The average molecular weight is 312 g/mol. The Bertz CT molecular complexity index is 682. The average Bonchev–Trinajstić information content (AvgIpc) is 2.43. The maximum Gasteiger partial charge on any atom is 0.278 e. The normalized spacial score (nSPS) is 10.2. The van der Waals surface area contributed by atoms with Crippen molar-refractivity contribution in [3.8, 4) is 11.6 Å². The lowest BCUT2D eigenvalue weighted by Crippen LogP contribution is -2.02. The first-order chi connectivity index (χ1) is 9.99. The maximum absolute atomic E-state index is 13.1. The Kier molecular flexibility index (Phi) is 4.54. The number of nitrogens with one attached hydrogen (secondary N) is 1. The van der Waals surface area contributed by atoms with Crippen LogP contribution in [0.5, 0.6) is 11.6 Å². The minimum absolute atomic E-state index is 0.0165. The maximum atomic E-state index is 13.1. The van der Waals surface area contributed by atoms with Crippen LogP contribution in [0.3, 0.4) is 0 Å². The van der Waals surface area contributed by atoms with E-state index in [1.165, 1.54) is 24.3 Å². The number of halogens is 2. The molecule has 0 atom stereocenters. The number of pyridine rings is 1. The number of aromatic nitrogens is 1. The fourth-order valence-electron chi connectivity index (χ4n) is 1.58. The number of ether oxygens (including phenoxy) is 1. The van der Waals surface area contributed by atoms with E-state index in [2.05, 4.69) is 10.3 Å². The summed E-state index contributed by atoms with van der Waals surface area (Å²) in [5, 5.41) is 13.6. The molecule has 0 unspecified atom stereocenters. The third-order valence-electron chi connectivity index (χ3n) is 2.47. The topological polar surface area (TPSA) is 77.3 Å². The summed E-state index contributed by atoms with van der Waals surface area (Å²) < 4.78 is 18.5. The molecule has 2 aromatic rings. The summed E-state index contributed by atoms with van der Waals surface area (Å²) in [4.78, 5) is 14.4. The molecule has 0 aliphatic heterocycles. The van der Waals surface area contributed by atoms with Crippen LogP contribution in [0.25, 0.3) is 0 Å². The molecule has 1 aromatic heterocycles. The molecule has 0 saturated heterocycles. The SMILES string of the molecule is CCNc1cc([N+](=O)[O-])cc(Oc2ccc(F)c(Cl)c2)n1. The first-order valence-corrected chi connectivity index (χ1v) is 6.40. The van der Waals surface area contributed by atoms with Crippen molar-refractivity contribution in [2.75, 3.05) is 11.9 Å². The lowest BCUT2D eigenvalue weighted by molar-refractivity contribution is -0.384. The van der Waals surface area contributed by atoms with Gasteiger partial charge in [0.25, 0.3) is 5.69 Å². The molecule has 1 aromatic carbocycles. The van der Waals surface area contributed by atoms with Gasteiger partial charge < -0.3 is 10.1 Å². The molecule has 0 radical (unpaired) electrons. The Balaban J connectivity index is 2.33. The minimum Gasteiger partial charge on any atom is -0.439 e. The van der Waals surface area contributed by atoms with Gasteiger partial charge in [-0.05, 0) is 19.1 Å². The number of nitro groups is 1. The molecule has 21 heavy (non-hydrogen) atoms. The molecule has 110 valence electrons. The smallest absolute Gasteiger partial charge is 0.278 e. The van der Waals surface area contributed by atoms with Crippen molar-refractivity contribution < 1.29 is 14.1 Å². The highest BCUT2D eigenvalue weighted by Crippen LogP contribution is 2.28. The predicted molar refractivity (Wildman–Crippen MR) is 76.5 cm³/mol. The molecule has 0 saturated carbocycles. The van der Waals surface area contributed by atoms with E-state index in [1.807, 2.05) is 6.92 Å². The number of rotatable bonds is 5. The zero-order valence-corrected chi connectivity index (χ0v) is 11.7. The molecule has 0 spiro atoms. The molecule has 6 nitrogen and oxygen atoms in total. The van der Waals surface area contributed by atoms with Crippen molar-refractivity contribution >= 4 is 23.1 Å². The second-order valence-electron chi connectivity index (χ2n) is 4.01. The zero-order valence-electron chi connectivity index (χ0n) is 11.0. The van der Waals surface area contributed by atoms with Gasteiger partial charge in [-0.25, -0.2) is 4.39 Å². The summed E-state index contributed by atoms with van der Waals surface area (Å²) >= 11 is 5.65. The molecule has 0 fully saturated rings. The van der Waals surface area contributed by atoms with Gasteiger partial charge in [-0.15, -0.1) is 0 Å². The second-order valence-corrected chi connectivity index (χ2v) is 4.42. The standard InChI is InChI=1S/C13H11ClFN3O3/c1-2-16-12-5-8(18(19)20)6-13(17-12)21-9-3-4-11(15)10(14)7-9/h3-7H,2H2,1H3,(H,16,17). The van der Waals surface area contributed by atoms with Gasteiger partial charge in [-0.3, -0.25) is 10.1 Å². The van der Waals surface area contributed by atoms with E-state index in [0.717, 1.165) is 6.07 Å². The monoisotopic (exact) mass is 311 g/mol. The van der Waals surface area contributed by atoms with Crippen molar-refractivity contribution in [2.24, 2.45) is 0 Å². The number of nitrogens with zero attached hydrogens (tertiary/aromatic N) is 2. The van der Waals surface area contributed by atoms with Crippen LogP contribution in [0, 0.1) is 15.9 Å². The molecule has 1 heterocycles. The summed E-state index contributed by atoms with van der Waals surface area (Å²) in [6.45, 7) is 2.39. The number of anilines is 1. The van der Waals surface area contributed by atoms with Crippen LogP contribution < -0.4 is 10.1 Å². The van der Waals surface area contributed by atoms with E-state index in [-0.39, 0.29) is 22.3 Å². The van der Waals surface area contributed by atoms with Crippen LogP contribution in [0.15, 0.2) is 30.3 Å². The zero-order chi connectivity index (χ0) is 15.4. The number of benzene rings is 1. The van der Waals surface area contributed by atoms with Crippen molar-refractivity contribution in [1.29, 1.82) is 0 Å². The lowest BCUT2D eigenvalue weighted by Gasteiger charge is -2.08. The first kappa shape index (κ1) is 15.0. The molecule has 0 amide bonds. The highest BCUT2D eigenvalue weighted by atomic mass is 35.5. The van der Waals surface area contributed by atoms with Gasteiger partial charge in [0.05, 0.1) is 22.1 Å². The molecule has 8 heteroatoms. The summed E-state index contributed by atoms with van der Waals surface area (Å²) in [5.41, 5.74) is -0.163. The molecular weight excluding hydrogens is 301 g/mol. The van der Waals surface area contributed by atoms with Crippen LogP contribution in [0.1, 0.15) is 6.92 Å². The number of hydrogen-bond donors (Lipinski definition) is 1. The highest BCUT2D eigenvalue weighted by Gasteiger charge is 2.13. The van der Waals surface area contributed by atoms with Crippen molar-refractivity contribution in [3.63, 3.8) is 0 Å². The van der Waals surface area contributed by atoms with Gasteiger partial charge in [0, 0.05) is 12.6 Å². The van der Waals surface area contributed by atoms with Crippen molar-refractivity contribution in [3.05, 3.63) is 51.3 Å². The van der Waals surface area contributed by atoms with Gasteiger partial charge in [-0.1, -0.05) is 11.6 Å². The Morgan fingerprint density at radius 1 is 1.43 bits per heavy atom. The second kappa shape index (κ2) is 6.36. The van der Waals surface area contributed by atoms with E-state index in [0.29, 0.717) is 12.4 Å². The fourth-order valence-corrected chi connectivity index (χ4v) is 1.75. The largest absolute Gasteiger partial charge is 0.439 e. The Hall–Kier alpha value is -2.41. The van der Waals surface area contributed by atoms with Gasteiger partial charge in [0.2, 0.25) is 5.88 Å². The molecule has 0 aliphatic carbocycles. The lowest BCUT2D eigenvalue weighted by atomic mass is 10.3. The third kappa shape index (κ3) is 3.79. The molecule has 0 bridgehead atoms. The van der Waals surface area contributed by atoms with Crippen molar-refractivity contribution in [1.82, 2.24) is 4.98 Å². The minimum atomic E-state index is -0.579. The molecule has 0 aliphatic rings. The first-order valence-electron chi connectivity index (χ1n) is 6.03. The van der Waals surface area contributed by atoms with E-state index in [9.17, 15) is 14.5 Å². The summed E-state index contributed by atoms with van der Waals surface area (Å²) in [7, 11) is 0. The van der Waals surface area contributed by atoms with E-state index in [4.69, 9.17) is 16.3 Å². The van der Waals surface area contributed by atoms with Crippen LogP contribution in [-0.2, 0) is 0 Å². The summed E-state index contributed by atoms with van der Waals surface area (Å²) in [6, 6.07) is 6.24. The van der Waals surface area contributed by atoms with Gasteiger partial charge in [0.1, 0.15) is 17.4 Å². The quantitative estimate of drug-likeness (QED) is 0.667. The molecule has 1 N–H and O–H groups in total. The summed E-state index contributed by atoms with van der Waals surface area (Å²) in [5.74, 6) is -0.0149. The van der Waals surface area contributed by atoms with E-state index in [1.54, 1.807) is 0 Å². The van der Waals surface area contributed by atoms with Crippen LogP contribution >= 0.6 is 11.6 Å². The Labute approximate surface area is 124 Å². The molecular formula is C13H11ClFN3O3. The van der Waals surface area contributed by atoms with Crippen LogP contribution in [0.2, 0.25) is 5.02 Å². The van der Waals surface area contributed by atoms with Gasteiger partial charge in [-0.2, -0.15) is 4.98 Å². The highest BCUT2D eigenvalue weighted by molar-refractivity contribution is 6.30. The van der Waals surface area contributed by atoms with E-state index < -0.39 is 10.7 Å². The Morgan fingerprint density at radius 2 is 2.19 bits per heavy atom. The van der Waals surface area contributed by atoms with Crippen LogP contribution in [0.4, 0.5) is 15.9 Å². The van der Waals surface area contributed by atoms with Gasteiger partial charge >= 0.3 is 0 Å². The predicted octanol–water partition coefficient (Wildman–Crippen LogP) is 4.01. The third-order valence-corrected chi connectivity index (χ3v) is 2.76. The van der Waals surface area contributed by atoms with Crippen LogP contribution in [-0.4, -0.2) is 16.5 Å². The summed E-state index contributed by atoms with van der Waals surface area (Å²) in [6.07, 6.45) is 0. The van der Waals surface area contributed by atoms with Crippen molar-refractivity contribution in [2.45, 2.75) is 6.92 Å². The fraction of sp³-hybridized carbons (Fsp3) is 0.154.